The number of hydrogen-bond donors (Lipinski definition) is 4. The summed E-state index contributed by atoms with van der Waals surface area (Å²) in [5, 5.41) is 46.1. The van der Waals surface area contributed by atoms with Gasteiger partial charge in [0.1, 0.15) is 12.2 Å². The first-order chi connectivity index (χ1) is 40.9. The lowest BCUT2D eigenvalue weighted by molar-refractivity contribution is -0.253. The highest BCUT2D eigenvalue weighted by molar-refractivity contribution is 4.98. The van der Waals surface area contributed by atoms with Crippen molar-refractivity contribution in [3.05, 3.63) is 48.6 Å². The summed E-state index contributed by atoms with van der Waals surface area (Å²) in [5.74, 6) is 0. The quantitative estimate of drug-likeness (QED) is 0.0360. The van der Waals surface area contributed by atoms with Crippen LogP contribution in [0.4, 0.5) is 0 Å². The van der Waals surface area contributed by atoms with E-state index in [1.807, 2.05) is 0 Å². The first-order valence-electron chi connectivity index (χ1n) is 37.8. The molecule has 0 aromatic carbocycles. The van der Waals surface area contributed by atoms with Gasteiger partial charge in [0, 0.05) is 0 Å². The number of aliphatic hydroxyl groups is 4. The Kier molecular flexibility index (Phi) is 65.7. The Labute approximate surface area is 520 Å². The minimum absolute atomic E-state index is 0.355. The van der Waals surface area contributed by atoms with Crippen LogP contribution in [-0.4, -0.2) is 57.0 Å². The molecule has 83 heavy (non-hydrogen) atoms. The first kappa shape index (κ1) is 81.8. The summed E-state index contributed by atoms with van der Waals surface area (Å²) in [7, 11) is 0. The predicted molar refractivity (Wildman–Crippen MR) is 369 cm³/mol. The summed E-state index contributed by atoms with van der Waals surface area (Å²) in [6.45, 7) is 8.44. The molecule has 2 unspecified atom stereocenters. The van der Waals surface area contributed by atoms with E-state index in [0.29, 0.717) is 25.7 Å². The van der Waals surface area contributed by atoms with Crippen molar-refractivity contribution >= 4 is 0 Å². The Bertz CT molecular complexity index is 1170. The number of aliphatic hydroxyl groups excluding tert-OH is 4. The third-order valence-corrected chi connectivity index (χ3v) is 18.4. The lowest BCUT2D eigenvalue weighted by Crippen LogP contribution is -2.58. The van der Waals surface area contributed by atoms with E-state index in [1.165, 1.54) is 283 Å². The van der Waals surface area contributed by atoms with Gasteiger partial charge in [0.15, 0.2) is 0 Å². The lowest BCUT2D eigenvalue weighted by Gasteiger charge is -2.48. The maximum atomic E-state index is 12.1. The Balaban J connectivity index is 5.92. The highest BCUT2D eigenvalue weighted by Gasteiger charge is 2.48. The maximum absolute atomic E-state index is 12.1. The van der Waals surface area contributed by atoms with Gasteiger partial charge < -0.3 is 25.2 Å². The summed E-state index contributed by atoms with van der Waals surface area (Å²) in [6, 6.07) is 0. The molecule has 5 nitrogen and oxygen atoms in total. The van der Waals surface area contributed by atoms with Crippen molar-refractivity contribution in [2.75, 3.05) is 13.2 Å². The largest absolute Gasteiger partial charge is 0.394 e. The molecule has 0 aliphatic heterocycles. The van der Waals surface area contributed by atoms with Gasteiger partial charge in [-0.2, -0.15) is 0 Å². The van der Waals surface area contributed by atoms with E-state index in [4.69, 9.17) is 4.74 Å². The molecule has 4 N–H and O–H groups in total. The van der Waals surface area contributed by atoms with Crippen LogP contribution in [0.25, 0.3) is 0 Å². The van der Waals surface area contributed by atoms with E-state index >= 15 is 0 Å². The van der Waals surface area contributed by atoms with Gasteiger partial charge in [-0.25, -0.2) is 0 Å². The van der Waals surface area contributed by atoms with Crippen LogP contribution in [0.1, 0.15) is 413 Å². The highest BCUT2D eigenvalue weighted by Crippen LogP contribution is 2.41. The second kappa shape index (κ2) is 66.7. The van der Waals surface area contributed by atoms with Gasteiger partial charge in [0.25, 0.3) is 0 Å². The molecule has 0 aliphatic rings. The molecule has 0 fully saturated rings. The topological polar surface area (TPSA) is 90.2 Å². The molecule has 0 bridgehead atoms. The fraction of sp³-hybridized carbons (Fsp3) is 0.897. The number of unbranched alkanes of at least 4 members (excludes halogenated alkanes) is 48. The lowest BCUT2D eigenvalue weighted by atomic mass is 9.79. The molecule has 0 aromatic heterocycles. The molecule has 0 radical (unpaired) electrons. The Morgan fingerprint density at radius 1 is 0.229 bits per heavy atom. The standard InChI is InChI=1S/C78H150O5/c1-5-9-13-17-21-25-29-33-37-41-45-49-53-57-61-65-69-77(75(81)73-79,70-66-62-58-54-50-46-42-38-34-30-26-22-18-14-10-6-2)83-78(76(82)74-80,71-67-63-59-55-51-47-43-39-35-31-27-23-19-15-11-7-3)72-68-64-60-56-52-48-44-40-36-32-28-24-20-16-12-8-4/h33-40,75-76,79-82H,5-32,41-74H2,1-4H3/b37-33-,38-34-,39-35-,40-36-. The van der Waals surface area contributed by atoms with Gasteiger partial charge in [-0.15, -0.1) is 0 Å². The van der Waals surface area contributed by atoms with E-state index in [-0.39, 0.29) is 13.2 Å². The summed E-state index contributed by atoms with van der Waals surface area (Å²) in [4.78, 5) is 0. The average molecular weight is 1170 g/mol. The van der Waals surface area contributed by atoms with Crippen LogP contribution >= 0.6 is 0 Å². The van der Waals surface area contributed by atoms with Gasteiger partial charge >= 0.3 is 0 Å². The third-order valence-electron chi connectivity index (χ3n) is 18.4. The van der Waals surface area contributed by atoms with Crippen LogP contribution in [0.3, 0.4) is 0 Å². The molecule has 0 rings (SSSR count). The number of allylic oxidation sites excluding steroid dienone is 8. The zero-order valence-corrected chi connectivity index (χ0v) is 56.8. The van der Waals surface area contributed by atoms with Crippen molar-refractivity contribution in [1.29, 1.82) is 0 Å². The molecular weight excluding hydrogens is 1020 g/mol. The van der Waals surface area contributed by atoms with Crippen LogP contribution in [0.2, 0.25) is 0 Å². The summed E-state index contributed by atoms with van der Waals surface area (Å²) in [6.07, 6.45) is 89.5. The number of ether oxygens (including phenoxy) is 1. The van der Waals surface area contributed by atoms with Crippen LogP contribution < -0.4 is 0 Å². The van der Waals surface area contributed by atoms with Gasteiger partial charge in [0.05, 0.1) is 24.4 Å². The van der Waals surface area contributed by atoms with E-state index < -0.39 is 23.4 Å². The Hall–Kier alpha value is -1.24. The first-order valence-corrected chi connectivity index (χ1v) is 37.8. The van der Waals surface area contributed by atoms with Crippen molar-refractivity contribution in [3.63, 3.8) is 0 Å². The fourth-order valence-corrected chi connectivity index (χ4v) is 12.7. The smallest absolute Gasteiger partial charge is 0.106 e. The predicted octanol–water partition coefficient (Wildman–Crippen LogP) is 24.9. The van der Waals surface area contributed by atoms with Crippen LogP contribution in [0, 0.1) is 0 Å². The summed E-state index contributed by atoms with van der Waals surface area (Å²) >= 11 is 0. The van der Waals surface area contributed by atoms with Gasteiger partial charge in [-0.1, -0.05) is 333 Å². The number of rotatable bonds is 70. The van der Waals surface area contributed by atoms with Gasteiger partial charge in [0.2, 0.25) is 0 Å². The van der Waals surface area contributed by atoms with E-state index in [1.54, 1.807) is 0 Å². The summed E-state index contributed by atoms with van der Waals surface area (Å²) in [5.41, 5.74) is -1.95. The molecule has 0 aromatic rings. The average Bonchev–Trinajstić information content (AvgIpc) is 3.67. The molecule has 0 aliphatic carbocycles. The van der Waals surface area contributed by atoms with Crippen molar-refractivity contribution in [3.8, 4) is 0 Å². The molecule has 0 saturated carbocycles. The monoisotopic (exact) mass is 1170 g/mol. The van der Waals surface area contributed by atoms with Crippen molar-refractivity contribution < 1.29 is 25.2 Å². The minimum Gasteiger partial charge on any atom is -0.394 e. The van der Waals surface area contributed by atoms with Crippen molar-refractivity contribution in [2.24, 2.45) is 0 Å². The SMILES string of the molecule is CCCCCCCC/C=C\CCCCCCCCC(CCCCCCCC/C=C\CCCCCCCC)(OC(CCCCCCCC/C=C\CCCCCCCC)(CCCCCCCC/C=C\CCCCCCCC)C(O)CO)C(O)CO. The van der Waals surface area contributed by atoms with Crippen LogP contribution in [0.15, 0.2) is 48.6 Å². The molecule has 5 heteroatoms. The zero-order valence-electron chi connectivity index (χ0n) is 56.8. The zero-order chi connectivity index (χ0) is 60.4. The molecule has 0 heterocycles. The van der Waals surface area contributed by atoms with Crippen LogP contribution in [-0.2, 0) is 4.74 Å². The molecule has 0 saturated heterocycles. The Morgan fingerprint density at radius 2 is 0.373 bits per heavy atom. The van der Waals surface area contributed by atoms with E-state index in [2.05, 4.69) is 76.3 Å². The Morgan fingerprint density at radius 3 is 0.530 bits per heavy atom. The van der Waals surface area contributed by atoms with E-state index in [0.717, 1.165) is 77.0 Å². The number of hydrogen-bond acceptors (Lipinski definition) is 5. The van der Waals surface area contributed by atoms with E-state index in [9.17, 15) is 20.4 Å². The molecule has 0 spiro atoms. The van der Waals surface area contributed by atoms with Crippen molar-refractivity contribution in [1.82, 2.24) is 0 Å². The van der Waals surface area contributed by atoms with Crippen molar-refractivity contribution in [2.45, 2.75) is 436 Å². The molecule has 2 atom stereocenters. The second-order valence-electron chi connectivity index (χ2n) is 26.4. The molecule has 0 amide bonds. The van der Waals surface area contributed by atoms with Gasteiger partial charge in [-0.3, -0.25) is 0 Å². The molecular formula is C78H150O5. The summed E-state index contributed by atoms with van der Waals surface area (Å²) < 4.78 is 7.58. The van der Waals surface area contributed by atoms with Gasteiger partial charge in [-0.05, 0) is 128 Å². The maximum Gasteiger partial charge on any atom is 0.106 e. The normalized spacial score (nSPS) is 13.4. The minimum atomic E-state index is -1.04. The second-order valence-corrected chi connectivity index (χ2v) is 26.4. The third kappa shape index (κ3) is 53.5. The van der Waals surface area contributed by atoms with Crippen LogP contribution in [0.5, 0.6) is 0 Å². The highest BCUT2D eigenvalue weighted by atomic mass is 16.6. The molecule has 492 valence electrons. The fourth-order valence-electron chi connectivity index (χ4n) is 12.7.